The maximum Gasteiger partial charge on any atom is 0.269 e. The quantitative estimate of drug-likeness (QED) is 0.694. The third-order valence-corrected chi connectivity index (χ3v) is 3.69. The number of benzene rings is 2. The molecular formula is C16H16N2O4. The van der Waals surface area contributed by atoms with E-state index in [1.54, 1.807) is 19.2 Å². The fraction of sp³-hybridized carbons (Fsp3) is 0.250. The van der Waals surface area contributed by atoms with Crippen molar-refractivity contribution in [1.29, 1.82) is 0 Å². The first kappa shape index (κ1) is 14.5. The van der Waals surface area contributed by atoms with E-state index in [2.05, 4.69) is 5.32 Å². The zero-order valence-electron chi connectivity index (χ0n) is 12.1. The summed E-state index contributed by atoms with van der Waals surface area (Å²) in [4.78, 5) is 10.3. The van der Waals surface area contributed by atoms with Gasteiger partial charge in [-0.15, -0.1) is 0 Å². The van der Waals surface area contributed by atoms with Gasteiger partial charge in [0.25, 0.3) is 5.69 Å². The van der Waals surface area contributed by atoms with E-state index in [1.807, 2.05) is 24.3 Å². The highest BCUT2D eigenvalue weighted by Crippen LogP contribution is 2.34. The van der Waals surface area contributed by atoms with Crippen LogP contribution in [-0.4, -0.2) is 18.6 Å². The van der Waals surface area contributed by atoms with Crippen LogP contribution in [0.25, 0.3) is 0 Å². The van der Waals surface area contributed by atoms with Crippen molar-refractivity contribution in [3.63, 3.8) is 0 Å². The Balaban J connectivity index is 1.76. The second-order valence-corrected chi connectivity index (χ2v) is 5.00. The molecule has 1 aliphatic rings. The fourth-order valence-corrected chi connectivity index (χ4v) is 2.55. The number of hydrogen-bond donors (Lipinski definition) is 1. The molecule has 1 N–H and O–H groups in total. The minimum atomic E-state index is -0.408. The Bertz CT molecular complexity index is 672. The van der Waals surface area contributed by atoms with Gasteiger partial charge in [-0.25, -0.2) is 0 Å². The lowest BCUT2D eigenvalue weighted by molar-refractivity contribution is -0.384. The van der Waals surface area contributed by atoms with Gasteiger partial charge in [0.05, 0.1) is 18.1 Å². The summed E-state index contributed by atoms with van der Waals surface area (Å²) >= 11 is 0. The van der Waals surface area contributed by atoms with E-state index in [0.717, 1.165) is 16.9 Å². The second-order valence-electron chi connectivity index (χ2n) is 5.00. The van der Waals surface area contributed by atoms with E-state index in [4.69, 9.17) is 9.47 Å². The molecule has 1 aliphatic heterocycles. The third-order valence-electron chi connectivity index (χ3n) is 3.69. The SMILES string of the molecule is COc1ccccc1[C@@H]1NC[C@@H](c2ccc([N+](=O)[O-])cc2)O1. The van der Waals surface area contributed by atoms with E-state index in [9.17, 15) is 10.1 Å². The summed E-state index contributed by atoms with van der Waals surface area (Å²) in [6.07, 6.45) is -0.396. The summed E-state index contributed by atoms with van der Waals surface area (Å²) in [5, 5.41) is 14.0. The first-order valence-electron chi connectivity index (χ1n) is 6.95. The van der Waals surface area contributed by atoms with Crippen LogP contribution in [0.3, 0.4) is 0 Å². The molecule has 1 saturated heterocycles. The van der Waals surface area contributed by atoms with Gasteiger partial charge in [-0.1, -0.05) is 18.2 Å². The van der Waals surface area contributed by atoms with E-state index in [-0.39, 0.29) is 18.0 Å². The first-order chi connectivity index (χ1) is 10.7. The molecule has 0 saturated carbocycles. The molecule has 2 aromatic carbocycles. The molecule has 6 heteroatoms. The number of nitrogens with zero attached hydrogens (tertiary/aromatic N) is 1. The molecule has 3 rings (SSSR count). The van der Waals surface area contributed by atoms with Gasteiger partial charge >= 0.3 is 0 Å². The molecule has 2 aromatic rings. The van der Waals surface area contributed by atoms with Crippen LogP contribution in [0.1, 0.15) is 23.5 Å². The maximum absolute atomic E-state index is 10.7. The average Bonchev–Trinajstić information content (AvgIpc) is 3.04. The van der Waals surface area contributed by atoms with Crippen LogP contribution in [0.15, 0.2) is 48.5 Å². The number of nitrogens with one attached hydrogen (secondary N) is 1. The van der Waals surface area contributed by atoms with Gasteiger partial charge in [-0.05, 0) is 23.8 Å². The molecule has 0 aromatic heterocycles. The van der Waals surface area contributed by atoms with Gasteiger partial charge in [0.15, 0.2) is 0 Å². The summed E-state index contributed by atoms with van der Waals surface area (Å²) in [7, 11) is 1.63. The fourth-order valence-electron chi connectivity index (χ4n) is 2.55. The number of non-ortho nitro benzene ring substituents is 1. The van der Waals surface area contributed by atoms with Crippen molar-refractivity contribution in [3.05, 3.63) is 69.8 Å². The van der Waals surface area contributed by atoms with Crippen LogP contribution in [0.2, 0.25) is 0 Å². The predicted octanol–water partition coefficient (Wildman–Crippen LogP) is 2.96. The Kier molecular flexibility index (Phi) is 4.04. The molecule has 1 heterocycles. The normalized spacial score (nSPS) is 20.8. The highest BCUT2D eigenvalue weighted by molar-refractivity contribution is 5.37. The average molecular weight is 300 g/mol. The molecule has 2 atom stereocenters. The molecule has 0 radical (unpaired) electrons. The highest BCUT2D eigenvalue weighted by atomic mass is 16.6. The smallest absolute Gasteiger partial charge is 0.269 e. The minimum Gasteiger partial charge on any atom is -0.496 e. The second kappa shape index (κ2) is 6.13. The third kappa shape index (κ3) is 2.79. The number of nitro benzene ring substituents is 1. The zero-order valence-corrected chi connectivity index (χ0v) is 12.1. The molecule has 22 heavy (non-hydrogen) atoms. The maximum atomic E-state index is 10.7. The van der Waals surface area contributed by atoms with Crippen LogP contribution < -0.4 is 10.1 Å². The van der Waals surface area contributed by atoms with Crippen molar-refractivity contribution in [3.8, 4) is 5.75 Å². The largest absolute Gasteiger partial charge is 0.496 e. The van der Waals surface area contributed by atoms with E-state index in [1.165, 1.54) is 12.1 Å². The molecular weight excluding hydrogens is 284 g/mol. The van der Waals surface area contributed by atoms with Crippen molar-refractivity contribution in [1.82, 2.24) is 5.32 Å². The Hall–Kier alpha value is -2.44. The number of hydrogen-bond acceptors (Lipinski definition) is 5. The number of nitro groups is 1. The molecule has 0 unspecified atom stereocenters. The van der Waals surface area contributed by atoms with Gasteiger partial charge in [-0.3, -0.25) is 15.4 Å². The minimum absolute atomic E-state index is 0.0796. The molecule has 1 fully saturated rings. The lowest BCUT2D eigenvalue weighted by Gasteiger charge is -2.16. The van der Waals surface area contributed by atoms with Gasteiger partial charge in [0.1, 0.15) is 12.0 Å². The molecule has 0 aliphatic carbocycles. The van der Waals surface area contributed by atoms with E-state index < -0.39 is 4.92 Å². The predicted molar refractivity (Wildman–Crippen MR) is 80.7 cm³/mol. The van der Waals surface area contributed by atoms with Crippen LogP contribution in [0.4, 0.5) is 5.69 Å². The van der Waals surface area contributed by atoms with E-state index >= 15 is 0 Å². The lowest BCUT2D eigenvalue weighted by atomic mass is 10.1. The number of rotatable bonds is 4. The Morgan fingerprint density at radius 1 is 1.23 bits per heavy atom. The standard InChI is InChI=1S/C16H16N2O4/c1-21-14-5-3-2-4-13(14)16-17-10-15(22-16)11-6-8-12(9-7-11)18(19)20/h2-9,15-17H,10H2,1H3/t15-,16+/m0/s1. The van der Waals surface area contributed by atoms with Crippen molar-refractivity contribution < 1.29 is 14.4 Å². The Morgan fingerprint density at radius 3 is 2.64 bits per heavy atom. The summed E-state index contributed by atoms with van der Waals surface area (Å²) in [5.41, 5.74) is 1.93. The van der Waals surface area contributed by atoms with Gasteiger partial charge in [0, 0.05) is 24.2 Å². The van der Waals surface area contributed by atoms with Crippen molar-refractivity contribution >= 4 is 5.69 Å². The number of ether oxygens (including phenoxy) is 2. The van der Waals surface area contributed by atoms with E-state index in [0.29, 0.717) is 6.54 Å². The molecule has 0 bridgehead atoms. The van der Waals surface area contributed by atoms with Crippen molar-refractivity contribution in [2.45, 2.75) is 12.3 Å². The molecule has 0 spiro atoms. The Labute approximate surface area is 127 Å². The first-order valence-corrected chi connectivity index (χ1v) is 6.95. The van der Waals surface area contributed by atoms with Gasteiger partial charge < -0.3 is 9.47 Å². The molecule has 0 amide bonds. The van der Waals surface area contributed by atoms with Crippen LogP contribution in [0.5, 0.6) is 5.75 Å². The monoisotopic (exact) mass is 300 g/mol. The zero-order chi connectivity index (χ0) is 15.5. The summed E-state index contributed by atoms with van der Waals surface area (Å²) in [5.74, 6) is 0.768. The molecule has 114 valence electrons. The van der Waals surface area contributed by atoms with Crippen molar-refractivity contribution in [2.24, 2.45) is 0 Å². The van der Waals surface area contributed by atoms with Crippen LogP contribution in [-0.2, 0) is 4.74 Å². The van der Waals surface area contributed by atoms with Crippen LogP contribution >= 0.6 is 0 Å². The highest BCUT2D eigenvalue weighted by Gasteiger charge is 2.29. The topological polar surface area (TPSA) is 73.6 Å². The summed E-state index contributed by atoms with van der Waals surface area (Å²) < 4.78 is 11.4. The Morgan fingerprint density at radius 2 is 1.95 bits per heavy atom. The van der Waals surface area contributed by atoms with Crippen molar-refractivity contribution in [2.75, 3.05) is 13.7 Å². The summed E-state index contributed by atoms with van der Waals surface area (Å²) in [6.45, 7) is 0.639. The van der Waals surface area contributed by atoms with Gasteiger partial charge in [0.2, 0.25) is 0 Å². The number of methoxy groups -OCH3 is 1. The van der Waals surface area contributed by atoms with Gasteiger partial charge in [-0.2, -0.15) is 0 Å². The van der Waals surface area contributed by atoms with Crippen LogP contribution in [0, 0.1) is 10.1 Å². The number of para-hydroxylation sites is 1. The summed E-state index contributed by atoms with van der Waals surface area (Å²) in [6, 6.07) is 14.1. The molecule has 6 nitrogen and oxygen atoms in total. The lowest BCUT2D eigenvalue weighted by Crippen LogP contribution is -2.14.